The van der Waals surface area contributed by atoms with Crippen LogP contribution in [0, 0.1) is 5.92 Å². The van der Waals surface area contributed by atoms with Crippen molar-refractivity contribution in [3.05, 3.63) is 54.9 Å². The molecule has 6 rings (SSSR count). The van der Waals surface area contributed by atoms with Crippen LogP contribution in [-0.4, -0.2) is 46.2 Å². The van der Waals surface area contributed by atoms with Crippen LogP contribution in [0.2, 0.25) is 0 Å². The number of nitrogens with zero attached hydrogens (tertiary/aromatic N) is 3. The Morgan fingerprint density at radius 3 is 2.81 bits per heavy atom. The van der Waals surface area contributed by atoms with Crippen molar-refractivity contribution in [2.75, 3.05) is 25.0 Å². The van der Waals surface area contributed by atoms with E-state index in [2.05, 4.69) is 26.3 Å². The highest BCUT2D eigenvalue weighted by Gasteiger charge is 2.34. The van der Waals surface area contributed by atoms with Gasteiger partial charge in [-0.2, -0.15) is 0 Å². The van der Waals surface area contributed by atoms with E-state index in [1.165, 1.54) is 6.42 Å². The fraction of sp³-hybridized carbons (Fsp3) is 0.333. The van der Waals surface area contributed by atoms with Gasteiger partial charge in [0.25, 0.3) is 0 Å². The number of carbonyl (C=O) groups excluding carboxylic acids is 1. The molecule has 4 heterocycles. The molecule has 2 N–H and O–H groups in total. The van der Waals surface area contributed by atoms with Crippen LogP contribution in [0.15, 0.2) is 54.9 Å². The van der Waals surface area contributed by atoms with E-state index in [0.29, 0.717) is 12.0 Å². The molecule has 138 valence electrons. The topological polar surface area (TPSA) is 62.2 Å². The molecule has 2 amide bonds. The molecule has 6 heteroatoms. The summed E-state index contributed by atoms with van der Waals surface area (Å²) in [4.78, 5) is 19.2. The van der Waals surface area contributed by atoms with Crippen molar-refractivity contribution in [1.29, 1.82) is 0 Å². The van der Waals surface area contributed by atoms with Crippen LogP contribution < -0.4 is 10.6 Å². The van der Waals surface area contributed by atoms with E-state index < -0.39 is 0 Å². The molecule has 6 nitrogen and oxygen atoms in total. The van der Waals surface area contributed by atoms with Crippen LogP contribution in [0.4, 0.5) is 10.5 Å². The summed E-state index contributed by atoms with van der Waals surface area (Å²) in [6.45, 7) is 2.77. The zero-order valence-corrected chi connectivity index (χ0v) is 15.1. The van der Waals surface area contributed by atoms with E-state index in [1.807, 2.05) is 53.7 Å². The molecule has 2 aromatic carbocycles. The SMILES string of the molecule is O=C(Nc1ccc(-n2cnc3ccccc32)cc1)N1C[C@H]2CC[C@@H]1CNC2. The highest BCUT2D eigenvalue weighted by Crippen LogP contribution is 2.25. The summed E-state index contributed by atoms with van der Waals surface area (Å²) in [6.07, 6.45) is 4.14. The van der Waals surface area contributed by atoms with E-state index in [4.69, 9.17) is 0 Å². The molecular weight excluding hydrogens is 338 g/mol. The Balaban J connectivity index is 1.33. The molecule has 3 aliphatic heterocycles. The van der Waals surface area contributed by atoms with Crippen molar-refractivity contribution < 1.29 is 4.79 Å². The molecule has 2 atom stereocenters. The summed E-state index contributed by atoms with van der Waals surface area (Å²) < 4.78 is 2.06. The van der Waals surface area contributed by atoms with Crippen LogP contribution >= 0.6 is 0 Å². The first-order valence-corrected chi connectivity index (χ1v) is 9.59. The molecular formula is C21H23N5O. The number of aromatic nitrogens is 2. The van der Waals surface area contributed by atoms with Crippen molar-refractivity contribution >= 4 is 22.8 Å². The fourth-order valence-electron chi connectivity index (χ4n) is 4.25. The average molecular weight is 361 g/mol. The quantitative estimate of drug-likeness (QED) is 0.737. The predicted molar refractivity (Wildman–Crippen MR) is 106 cm³/mol. The molecule has 27 heavy (non-hydrogen) atoms. The average Bonchev–Trinajstić information content (AvgIpc) is 2.86. The van der Waals surface area contributed by atoms with Crippen LogP contribution in [0.5, 0.6) is 0 Å². The van der Waals surface area contributed by atoms with Gasteiger partial charge in [-0.1, -0.05) is 12.1 Å². The lowest BCUT2D eigenvalue weighted by atomic mass is 9.95. The number of benzene rings is 2. The fourth-order valence-corrected chi connectivity index (χ4v) is 4.25. The van der Waals surface area contributed by atoms with Gasteiger partial charge < -0.3 is 15.5 Å². The van der Waals surface area contributed by atoms with E-state index in [1.54, 1.807) is 0 Å². The van der Waals surface area contributed by atoms with Crippen molar-refractivity contribution in [3.63, 3.8) is 0 Å². The Labute approximate surface area is 158 Å². The van der Waals surface area contributed by atoms with Crippen molar-refractivity contribution in [3.8, 4) is 5.69 Å². The Bertz CT molecular complexity index is 960. The number of urea groups is 1. The summed E-state index contributed by atoms with van der Waals surface area (Å²) >= 11 is 0. The van der Waals surface area contributed by atoms with Gasteiger partial charge >= 0.3 is 6.03 Å². The first-order chi connectivity index (χ1) is 13.3. The van der Waals surface area contributed by atoms with Gasteiger partial charge in [-0.15, -0.1) is 0 Å². The van der Waals surface area contributed by atoms with Gasteiger partial charge in [0.15, 0.2) is 0 Å². The number of carbonyl (C=O) groups is 1. The summed E-state index contributed by atoms with van der Waals surface area (Å²) in [7, 11) is 0. The molecule has 0 saturated carbocycles. The van der Waals surface area contributed by atoms with Crippen molar-refractivity contribution in [2.45, 2.75) is 18.9 Å². The first kappa shape index (κ1) is 16.3. The largest absolute Gasteiger partial charge is 0.322 e. The number of imidazole rings is 1. The minimum absolute atomic E-state index is 0.00855. The highest BCUT2D eigenvalue weighted by atomic mass is 16.2. The molecule has 3 saturated heterocycles. The van der Waals surface area contributed by atoms with Crippen molar-refractivity contribution in [2.24, 2.45) is 5.92 Å². The Morgan fingerprint density at radius 1 is 1.07 bits per heavy atom. The predicted octanol–water partition coefficient (Wildman–Crippen LogP) is 3.24. The number of piperidine rings is 1. The van der Waals surface area contributed by atoms with Gasteiger partial charge in [-0.25, -0.2) is 9.78 Å². The third-order valence-electron chi connectivity index (χ3n) is 5.73. The van der Waals surface area contributed by atoms with Gasteiger partial charge in [0.05, 0.1) is 11.0 Å². The number of fused-ring (bicyclic) bond motifs is 5. The molecule has 3 aromatic rings. The zero-order valence-electron chi connectivity index (χ0n) is 15.1. The van der Waals surface area contributed by atoms with Crippen molar-refractivity contribution in [1.82, 2.24) is 19.8 Å². The monoisotopic (exact) mass is 361 g/mol. The third kappa shape index (κ3) is 3.06. The smallest absolute Gasteiger partial charge is 0.320 e. The molecule has 0 unspecified atom stereocenters. The van der Waals surface area contributed by atoms with Gasteiger partial charge in [0.1, 0.15) is 6.33 Å². The number of hydrogen-bond donors (Lipinski definition) is 2. The number of rotatable bonds is 2. The zero-order chi connectivity index (χ0) is 18.2. The number of hydrogen-bond acceptors (Lipinski definition) is 3. The molecule has 3 aliphatic rings. The van der Waals surface area contributed by atoms with Gasteiger partial charge in [-0.3, -0.25) is 4.57 Å². The third-order valence-corrected chi connectivity index (χ3v) is 5.73. The van der Waals surface area contributed by atoms with Gasteiger partial charge in [-0.05, 0) is 61.7 Å². The van der Waals surface area contributed by atoms with Gasteiger partial charge in [0, 0.05) is 30.5 Å². The lowest BCUT2D eigenvalue weighted by molar-refractivity contribution is 0.153. The molecule has 0 aliphatic carbocycles. The van der Waals surface area contributed by atoms with Crippen LogP contribution in [0.25, 0.3) is 16.7 Å². The van der Waals surface area contributed by atoms with E-state index in [-0.39, 0.29) is 6.03 Å². The Hall–Kier alpha value is -2.86. The maximum atomic E-state index is 12.8. The van der Waals surface area contributed by atoms with E-state index in [9.17, 15) is 4.79 Å². The lowest BCUT2D eigenvalue weighted by Crippen LogP contribution is -2.49. The van der Waals surface area contributed by atoms with Crippen LogP contribution in [0.3, 0.4) is 0 Å². The molecule has 0 spiro atoms. The second-order valence-corrected chi connectivity index (χ2v) is 7.49. The highest BCUT2D eigenvalue weighted by molar-refractivity contribution is 5.90. The normalized spacial score (nSPS) is 22.0. The molecule has 2 bridgehead atoms. The van der Waals surface area contributed by atoms with Crippen LogP contribution in [0.1, 0.15) is 12.8 Å². The first-order valence-electron chi connectivity index (χ1n) is 9.59. The number of para-hydroxylation sites is 2. The maximum absolute atomic E-state index is 12.8. The molecule has 0 radical (unpaired) electrons. The minimum Gasteiger partial charge on any atom is -0.320 e. The van der Waals surface area contributed by atoms with E-state index in [0.717, 1.165) is 48.5 Å². The Morgan fingerprint density at radius 2 is 1.93 bits per heavy atom. The summed E-state index contributed by atoms with van der Waals surface area (Å²) in [5, 5.41) is 6.53. The molecule has 1 aromatic heterocycles. The number of anilines is 1. The standard InChI is InChI=1S/C21H23N5O/c27-21(25-13-15-5-8-18(25)12-22-11-15)24-16-6-9-17(10-7-16)26-14-23-19-3-1-2-4-20(19)26/h1-4,6-7,9-10,14-15,18,22H,5,8,11-13H2,(H,24,27)/t15-,18+/m0/s1. The lowest BCUT2D eigenvalue weighted by Gasteiger charge is -2.36. The number of nitrogens with one attached hydrogen (secondary N) is 2. The van der Waals surface area contributed by atoms with E-state index >= 15 is 0 Å². The molecule has 3 fully saturated rings. The minimum atomic E-state index is 0.00855. The summed E-state index contributed by atoms with van der Waals surface area (Å²) in [6, 6.07) is 16.3. The summed E-state index contributed by atoms with van der Waals surface area (Å²) in [5.74, 6) is 0.575. The Kier molecular flexibility index (Phi) is 4.05. The number of amides is 2. The van der Waals surface area contributed by atoms with Crippen LogP contribution in [-0.2, 0) is 0 Å². The second-order valence-electron chi connectivity index (χ2n) is 7.49. The second kappa shape index (κ2) is 6.70. The van der Waals surface area contributed by atoms with Gasteiger partial charge in [0.2, 0.25) is 0 Å². The maximum Gasteiger partial charge on any atom is 0.322 e. The summed E-state index contributed by atoms with van der Waals surface area (Å²) in [5.41, 5.74) is 3.89.